The van der Waals surface area contributed by atoms with Crippen molar-refractivity contribution in [2.75, 3.05) is 12.4 Å². The molecule has 2 heterocycles. The number of aromatic nitrogens is 2. The van der Waals surface area contributed by atoms with Gasteiger partial charge in [0.2, 0.25) is 0 Å². The van der Waals surface area contributed by atoms with Crippen LogP contribution in [0.25, 0.3) is 10.2 Å². The van der Waals surface area contributed by atoms with E-state index < -0.39 is 5.97 Å². The number of thiophene rings is 1. The van der Waals surface area contributed by atoms with Crippen LogP contribution in [0.3, 0.4) is 0 Å². The summed E-state index contributed by atoms with van der Waals surface area (Å²) in [5, 5.41) is 13.8. The van der Waals surface area contributed by atoms with E-state index in [-0.39, 0.29) is 6.42 Å². The van der Waals surface area contributed by atoms with Crippen LogP contribution in [0.4, 0.5) is 5.82 Å². The van der Waals surface area contributed by atoms with E-state index in [1.807, 2.05) is 32.0 Å². The second-order valence-corrected chi connectivity index (χ2v) is 7.78. The van der Waals surface area contributed by atoms with E-state index in [4.69, 9.17) is 21.4 Å². The summed E-state index contributed by atoms with van der Waals surface area (Å²) in [4.78, 5) is 22.1. The molecule has 0 bridgehead atoms. The predicted molar refractivity (Wildman–Crippen MR) is 108 cm³/mol. The molecule has 0 fully saturated rings. The Morgan fingerprint density at radius 3 is 2.78 bits per heavy atom. The normalized spacial score (nSPS) is 11.0. The van der Waals surface area contributed by atoms with E-state index >= 15 is 0 Å². The maximum atomic E-state index is 10.9. The topological polar surface area (TPSA) is 84.3 Å². The Bertz CT molecular complexity index is 1000. The fraction of sp³-hybridized carbons (Fsp3) is 0.316. The third-order valence-electron chi connectivity index (χ3n) is 4.31. The molecule has 2 N–H and O–H groups in total. The highest BCUT2D eigenvalue weighted by molar-refractivity contribution is 7.18. The number of carboxylic acids is 1. The standard InChI is InChI=1S/C19H20ClN3O3S/c1-10-11(2)27-19-17(10)18(22-15(23-19)6-7-16(24)25)21-9-12-4-5-14(26-3)13(20)8-12/h4-5,8H,6-7,9H2,1-3H3,(H,24,25)(H,21,22,23). The molecule has 3 rings (SSSR count). The van der Waals surface area contributed by atoms with Gasteiger partial charge in [-0.3, -0.25) is 4.79 Å². The van der Waals surface area contributed by atoms with Gasteiger partial charge < -0.3 is 15.2 Å². The third-order valence-corrected chi connectivity index (χ3v) is 5.71. The summed E-state index contributed by atoms with van der Waals surface area (Å²) >= 11 is 7.79. The van der Waals surface area contributed by atoms with Crippen LogP contribution in [-0.2, 0) is 17.8 Å². The molecule has 0 saturated carbocycles. The Balaban J connectivity index is 1.91. The van der Waals surface area contributed by atoms with E-state index in [1.165, 1.54) is 4.88 Å². The number of rotatable bonds is 7. The molecule has 0 aliphatic heterocycles. The van der Waals surface area contributed by atoms with Gasteiger partial charge in [0.25, 0.3) is 0 Å². The third kappa shape index (κ3) is 4.31. The van der Waals surface area contributed by atoms with Crippen molar-refractivity contribution < 1.29 is 14.6 Å². The first kappa shape index (κ1) is 19.4. The summed E-state index contributed by atoms with van der Waals surface area (Å²) in [6.07, 6.45) is 0.298. The lowest BCUT2D eigenvalue weighted by molar-refractivity contribution is -0.137. The van der Waals surface area contributed by atoms with Gasteiger partial charge in [-0.25, -0.2) is 9.97 Å². The number of nitrogens with zero attached hydrogens (tertiary/aromatic N) is 2. The first-order chi connectivity index (χ1) is 12.9. The number of carbonyl (C=O) groups is 1. The lowest BCUT2D eigenvalue weighted by Crippen LogP contribution is -2.07. The Hall–Kier alpha value is -2.38. The van der Waals surface area contributed by atoms with Gasteiger partial charge in [-0.05, 0) is 37.1 Å². The lowest BCUT2D eigenvalue weighted by Gasteiger charge is -2.11. The highest BCUT2D eigenvalue weighted by Gasteiger charge is 2.15. The highest BCUT2D eigenvalue weighted by Crippen LogP contribution is 2.34. The molecule has 0 aliphatic carbocycles. The second kappa shape index (κ2) is 8.10. The van der Waals surface area contributed by atoms with E-state index in [1.54, 1.807) is 18.4 Å². The molecule has 0 radical (unpaired) electrons. The van der Waals surface area contributed by atoms with Crippen LogP contribution in [-0.4, -0.2) is 28.2 Å². The van der Waals surface area contributed by atoms with Crippen LogP contribution in [0.2, 0.25) is 5.02 Å². The number of benzene rings is 1. The molecular formula is C19H20ClN3O3S. The minimum Gasteiger partial charge on any atom is -0.495 e. The van der Waals surface area contributed by atoms with Gasteiger partial charge in [0.1, 0.15) is 22.2 Å². The van der Waals surface area contributed by atoms with E-state index in [2.05, 4.69) is 15.3 Å². The smallest absolute Gasteiger partial charge is 0.303 e. The number of carboxylic acid groups (broad SMARTS) is 1. The van der Waals surface area contributed by atoms with Crippen LogP contribution in [0.1, 0.15) is 28.2 Å². The average molecular weight is 406 g/mol. The number of hydrogen-bond donors (Lipinski definition) is 2. The van der Waals surface area contributed by atoms with Crippen molar-refractivity contribution >= 4 is 44.9 Å². The summed E-state index contributed by atoms with van der Waals surface area (Å²) in [6.45, 7) is 4.62. The summed E-state index contributed by atoms with van der Waals surface area (Å²) in [5.74, 6) is 1.01. The summed E-state index contributed by atoms with van der Waals surface area (Å²) in [7, 11) is 1.58. The first-order valence-corrected chi connectivity index (χ1v) is 9.63. The fourth-order valence-electron chi connectivity index (χ4n) is 2.76. The average Bonchev–Trinajstić information content (AvgIpc) is 2.92. The fourth-order valence-corrected chi connectivity index (χ4v) is 4.09. The molecule has 27 heavy (non-hydrogen) atoms. The Labute approximate surface area is 166 Å². The molecule has 0 unspecified atom stereocenters. The van der Waals surface area contributed by atoms with Gasteiger partial charge in [-0.1, -0.05) is 17.7 Å². The van der Waals surface area contributed by atoms with Gasteiger partial charge in [0.05, 0.1) is 23.9 Å². The number of aryl methyl sites for hydroxylation is 3. The van der Waals surface area contributed by atoms with Crippen LogP contribution >= 0.6 is 22.9 Å². The van der Waals surface area contributed by atoms with Crippen LogP contribution < -0.4 is 10.1 Å². The van der Waals surface area contributed by atoms with Gasteiger partial charge in [-0.2, -0.15) is 0 Å². The zero-order valence-electron chi connectivity index (χ0n) is 15.3. The number of fused-ring (bicyclic) bond motifs is 1. The monoisotopic (exact) mass is 405 g/mol. The van der Waals surface area contributed by atoms with Crippen LogP contribution in [0, 0.1) is 13.8 Å². The Morgan fingerprint density at radius 1 is 1.33 bits per heavy atom. The van der Waals surface area contributed by atoms with Gasteiger partial charge in [-0.15, -0.1) is 11.3 Å². The van der Waals surface area contributed by atoms with Crippen molar-refractivity contribution in [1.82, 2.24) is 9.97 Å². The number of halogens is 1. The summed E-state index contributed by atoms with van der Waals surface area (Å²) in [6, 6.07) is 5.61. The van der Waals surface area contributed by atoms with Crippen molar-refractivity contribution in [3.8, 4) is 5.75 Å². The molecular weight excluding hydrogens is 386 g/mol. The number of ether oxygens (including phenoxy) is 1. The number of anilines is 1. The minimum absolute atomic E-state index is 0.00236. The van der Waals surface area contributed by atoms with E-state index in [9.17, 15) is 4.79 Å². The maximum absolute atomic E-state index is 10.9. The zero-order valence-corrected chi connectivity index (χ0v) is 16.9. The first-order valence-electron chi connectivity index (χ1n) is 8.43. The number of nitrogens with one attached hydrogen (secondary N) is 1. The Kier molecular flexibility index (Phi) is 5.82. The van der Waals surface area contributed by atoms with E-state index in [0.717, 1.165) is 21.3 Å². The molecule has 2 aromatic heterocycles. The van der Waals surface area contributed by atoms with Crippen molar-refractivity contribution in [3.63, 3.8) is 0 Å². The maximum Gasteiger partial charge on any atom is 0.303 e. The molecule has 0 amide bonds. The quantitative estimate of drug-likeness (QED) is 0.597. The lowest BCUT2D eigenvalue weighted by atomic mass is 10.2. The zero-order chi connectivity index (χ0) is 19.6. The van der Waals surface area contributed by atoms with Crippen molar-refractivity contribution in [1.29, 1.82) is 0 Å². The van der Waals surface area contributed by atoms with Crippen LogP contribution in [0.15, 0.2) is 18.2 Å². The largest absolute Gasteiger partial charge is 0.495 e. The molecule has 142 valence electrons. The molecule has 0 spiro atoms. The molecule has 3 aromatic rings. The van der Waals surface area contributed by atoms with Crippen molar-refractivity contribution in [3.05, 3.63) is 45.1 Å². The molecule has 8 heteroatoms. The second-order valence-electron chi connectivity index (χ2n) is 6.17. The SMILES string of the molecule is COc1ccc(CNc2nc(CCC(=O)O)nc3sc(C)c(C)c23)cc1Cl. The van der Waals surface area contributed by atoms with Gasteiger partial charge >= 0.3 is 5.97 Å². The predicted octanol–water partition coefficient (Wildman–Crippen LogP) is 4.60. The molecule has 0 aliphatic rings. The number of hydrogen-bond acceptors (Lipinski definition) is 6. The van der Waals surface area contributed by atoms with Crippen molar-refractivity contribution in [2.45, 2.75) is 33.2 Å². The molecule has 0 atom stereocenters. The van der Waals surface area contributed by atoms with Crippen LogP contribution in [0.5, 0.6) is 5.75 Å². The number of aliphatic carboxylic acids is 1. The summed E-state index contributed by atoms with van der Waals surface area (Å²) < 4.78 is 5.18. The molecule has 1 aromatic carbocycles. The highest BCUT2D eigenvalue weighted by atomic mass is 35.5. The van der Waals surface area contributed by atoms with Gasteiger partial charge in [0, 0.05) is 17.8 Å². The molecule has 0 saturated heterocycles. The van der Waals surface area contributed by atoms with Gasteiger partial charge in [0.15, 0.2) is 0 Å². The molecule has 6 nitrogen and oxygen atoms in total. The Morgan fingerprint density at radius 2 is 2.11 bits per heavy atom. The van der Waals surface area contributed by atoms with Crippen molar-refractivity contribution in [2.24, 2.45) is 0 Å². The minimum atomic E-state index is -0.861. The number of methoxy groups -OCH3 is 1. The summed E-state index contributed by atoms with van der Waals surface area (Å²) in [5.41, 5.74) is 2.12. The van der Waals surface area contributed by atoms with E-state index in [0.29, 0.717) is 35.4 Å².